The van der Waals surface area contributed by atoms with Crippen LogP contribution in [0.2, 0.25) is 0 Å². The first-order valence-electron chi connectivity index (χ1n) is 6.12. The lowest BCUT2D eigenvalue weighted by Crippen LogP contribution is -2.25. The van der Waals surface area contributed by atoms with Gasteiger partial charge in [0.25, 0.3) is 6.01 Å². The molecule has 1 N–H and O–H groups in total. The maximum Gasteiger partial charge on any atom is 0.297 e. The lowest BCUT2D eigenvalue weighted by Gasteiger charge is -2.19. The standard InChI is InChI=1S/C12H22N2O2/c1-3-5-7-14(8-6-4-2)12-13-11(9-15)10-16-12/h10,15H,3-9H2,1-2H3. The zero-order chi connectivity index (χ0) is 11.8. The predicted molar refractivity (Wildman–Crippen MR) is 64.5 cm³/mol. The molecule has 1 aromatic rings. The van der Waals surface area contributed by atoms with Crippen LogP contribution >= 0.6 is 0 Å². The number of unbranched alkanes of at least 4 members (excludes halogenated alkanes) is 2. The van der Waals surface area contributed by atoms with Crippen LogP contribution in [-0.2, 0) is 6.61 Å². The SMILES string of the molecule is CCCCN(CCCC)c1nc(CO)co1. The van der Waals surface area contributed by atoms with Gasteiger partial charge in [-0.2, -0.15) is 4.98 Å². The molecule has 0 unspecified atom stereocenters. The van der Waals surface area contributed by atoms with Crippen molar-refractivity contribution in [3.8, 4) is 0 Å². The third-order valence-electron chi connectivity index (χ3n) is 2.54. The summed E-state index contributed by atoms with van der Waals surface area (Å²) in [5, 5.41) is 8.94. The van der Waals surface area contributed by atoms with Crippen LogP contribution in [0.25, 0.3) is 0 Å². The second-order valence-corrected chi connectivity index (χ2v) is 3.97. The number of oxazole rings is 1. The smallest absolute Gasteiger partial charge is 0.297 e. The molecule has 16 heavy (non-hydrogen) atoms. The van der Waals surface area contributed by atoms with E-state index in [2.05, 4.69) is 23.7 Å². The molecule has 0 atom stereocenters. The average Bonchev–Trinajstić information content (AvgIpc) is 2.78. The van der Waals surface area contributed by atoms with Crippen LogP contribution in [-0.4, -0.2) is 23.2 Å². The Hall–Kier alpha value is -1.03. The largest absolute Gasteiger partial charge is 0.432 e. The third-order valence-corrected chi connectivity index (χ3v) is 2.54. The van der Waals surface area contributed by atoms with Crippen LogP contribution in [0.1, 0.15) is 45.2 Å². The van der Waals surface area contributed by atoms with Crippen LogP contribution in [0.15, 0.2) is 10.7 Å². The minimum atomic E-state index is -0.0567. The molecule has 0 bridgehead atoms. The van der Waals surface area contributed by atoms with Gasteiger partial charge in [-0.3, -0.25) is 0 Å². The van der Waals surface area contributed by atoms with E-state index in [4.69, 9.17) is 9.52 Å². The Balaban J connectivity index is 2.58. The van der Waals surface area contributed by atoms with Crippen LogP contribution < -0.4 is 4.90 Å². The fourth-order valence-electron chi connectivity index (χ4n) is 1.52. The highest BCUT2D eigenvalue weighted by atomic mass is 16.4. The molecule has 92 valence electrons. The maximum absolute atomic E-state index is 8.94. The molecular formula is C12H22N2O2. The van der Waals surface area contributed by atoms with Gasteiger partial charge in [0, 0.05) is 13.1 Å². The van der Waals surface area contributed by atoms with Gasteiger partial charge in [-0.1, -0.05) is 26.7 Å². The molecular weight excluding hydrogens is 204 g/mol. The molecule has 1 heterocycles. The van der Waals surface area contributed by atoms with E-state index >= 15 is 0 Å². The second kappa shape index (κ2) is 7.28. The summed E-state index contributed by atoms with van der Waals surface area (Å²) in [5.41, 5.74) is 0.605. The first-order valence-corrected chi connectivity index (χ1v) is 6.12. The van der Waals surface area contributed by atoms with Crippen LogP contribution in [0.4, 0.5) is 6.01 Å². The summed E-state index contributed by atoms with van der Waals surface area (Å²) < 4.78 is 5.37. The normalized spacial score (nSPS) is 10.7. The highest BCUT2D eigenvalue weighted by molar-refractivity contribution is 5.26. The number of rotatable bonds is 8. The fourth-order valence-corrected chi connectivity index (χ4v) is 1.52. The average molecular weight is 226 g/mol. The zero-order valence-electron chi connectivity index (χ0n) is 10.3. The van der Waals surface area contributed by atoms with Gasteiger partial charge in [-0.05, 0) is 12.8 Å². The van der Waals surface area contributed by atoms with Crippen LogP contribution in [0.5, 0.6) is 0 Å². The Bertz CT molecular complexity index is 278. The van der Waals surface area contributed by atoms with Gasteiger partial charge in [0.1, 0.15) is 12.0 Å². The summed E-state index contributed by atoms with van der Waals surface area (Å²) in [6.45, 7) is 6.24. The summed E-state index contributed by atoms with van der Waals surface area (Å²) >= 11 is 0. The van der Waals surface area contributed by atoms with Crippen molar-refractivity contribution in [3.63, 3.8) is 0 Å². The molecule has 0 saturated heterocycles. The number of nitrogens with zero attached hydrogens (tertiary/aromatic N) is 2. The van der Waals surface area contributed by atoms with Gasteiger partial charge < -0.3 is 14.4 Å². The molecule has 1 rings (SSSR count). The second-order valence-electron chi connectivity index (χ2n) is 3.97. The zero-order valence-corrected chi connectivity index (χ0v) is 10.3. The molecule has 0 saturated carbocycles. The van der Waals surface area contributed by atoms with E-state index in [1.165, 1.54) is 6.26 Å². The lowest BCUT2D eigenvalue weighted by molar-refractivity contribution is 0.276. The Labute approximate surface area is 97.3 Å². The van der Waals surface area contributed by atoms with Gasteiger partial charge in [0.05, 0.1) is 6.61 Å². The van der Waals surface area contributed by atoms with Crippen LogP contribution in [0.3, 0.4) is 0 Å². The minimum absolute atomic E-state index is 0.0567. The molecule has 1 aromatic heterocycles. The van der Waals surface area contributed by atoms with Crippen molar-refractivity contribution in [2.75, 3.05) is 18.0 Å². The molecule has 4 nitrogen and oxygen atoms in total. The summed E-state index contributed by atoms with van der Waals surface area (Å²) in [7, 11) is 0. The van der Waals surface area contributed by atoms with Gasteiger partial charge in [0.15, 0.2) is 0 Å². The topological polar surface area (TPSA) is 49.5 Å². The fraction of sp³-hybridized carbons (Fsp3) is 0.750. The highest BCUT2D eigenvalue weighted by Gasteiger charge is 2.11. The maximum atomic E-state index is 8.94. The van der Waals surface area contributed by atoms with E-state index in [-0.39, 0.29) is 6.61 Å². The third kappa shape index (κ3) is 3.85. The Morgan fingerprint density at radius 2 is 1.88 bits per heavy atom. The van der Waals surface area contributed by atoms with E-state index in [0.717, 1.165) is 38.8 Å². The number of hydrogen-bond donors (Lipinski definition) is 1. The summed E-state index contributed by atoms with van der Waals surface area (Å²) in [6, 6.07) is 0.644. The van der Waals surface area contributed by atoms with E-state index in [1.54, 1.807) is 0 Å². The van der Waals surface area contributed by atoms with Crippen molar-refractivity contribution in [1.29, 1.82) is 0 Å². The molecule has 0 aliphatic carbocycles. The number of aromatic nitrogens is 1. The number of hydrogen-bond acceptors (Lipinski definition) is 4. The lowest BCUT2D eigenvalue weighted by atomic mass is 10.3. The van der Waals surface area contributed by atoms with Gasteiger partial charge in [-0.25, -0.2) is 0 Å². The summed E-state index contributed by atoms with van der Waals surface area (Å²) in [4.78, 5) is 6.40. The number of aliphatic hydroxyl groups excluding tert-OH is 1. The van der Waals surface area contributed by atoms with E-state index in [0.29, 0.717) is 11.7 Å². The van der Waals surface area contributed by atoms with Gasteiger partial charge in [0.2, 0.25) is 0 Å². The number of aliphatic hydroxyl groups is 1. The molecule has 0 spiro atoms. The van der Waals surface area contributed by atoms with Crippen molar-refractivity contribution >= 4 is 6.01 Å². The van der Waals surface area contributed by atoms with Gasteiger partial charge in [-0.15, -0.1) is 0 Å². The minimum Gasteiger partial charge on any atom is -0.432 e. The molecule has 0 aromatic carbocycles. The molecule has 0 radical (unpaired) electrons. The van der Waals surface area contributed by atoms with Crippen molar-refractivity contribution < 1.29 is 9.52 Å². The first kappa shape index (κ1) is 13.0. The van der Waals surface area contributed by atoms with Crippen molar-refractivity contribution in [2.24, 2.45) is 0 Å². The van der Waals surface area contributed by atoms with E-state index in [9.17, 15) is 0 Å². The molecule has 0 aliphatic rings. The monoisotopic (exact) mass is 226 g/mol. The summed E-state index contributed by atoms with van der Waals surface area (Å²) in [6.07, 6.45) is 6.13. The molecule has 4 heteroatoms. The van der Waals surface area contributed by atoms with Crippen molar-refractivity contribution in [2.45, 2.75) is 46.1 Å². The van der Waals surface area contributed by atoms with Crippen molar-refractivity contribution in [3.05, 3.63) is 12.0 Å². The van der Waals surface area contributed by atoms with Gasteiger partial charge >= 0.3 is 0 Å². The Morgan fingerprint density at radius 1 is 1.25 bits per heavy atom. The summed E-state index contributed by atoms with van der Waals surface area (Å²) in [5.74, 6) is 0. The molecule has 0 aliphatic heterocycles. The van der Waals surface area contributed by atoms with E-state index < -0.39 is 0 Å². The highest BCUT2D eigenvalue weighted by Crippen LogP contribution is 2.15. The molecule has 0 amide bonds. The van der Waals surface area contributed by atoms with E-state index in [1.807, 2.05) is 0 Å². The Kier molecular flexibility index (Phi) is 5.93. The van der Waals surface area contributed by atoms with Crippen LogP contribution in [0, 0.1) is 0 Å². The quantitative estimate of drug-likeness (QED) is 0.740. The first-order chi connectivity index (χ1) is 7.81. The predicted octanol–water partition coefficient (Wildman–Crippen LogP) is 2.57. The number of anilines is 1. The van der Waals surface area contributed by atoms with Crippen molar-refractivity contribution in [1.82, 2.24) is 4.98 Å². The Morgan fingerprint density at radius 3 is 2.31 bits per heavy atom. The molecule has 0 fully saturated rings.